The van der Waals surface area contributed by atoms with Crippen molar-refractivity contribution >= 4 is 0 Å². The van der Waals surface area contributed by atoms with Crippen LogP contribution in [0.3, 0.4) is 0 Å². The van der Waals surface area contributed by atoms with E-state index in [0.717, 1.165) is 49.7 Å². The Morgan fingerprint density at radius 1 is 0.867 bits per heavy atom. The molecule has 8 heteroatoms. The Balaban J connectivity index is 1.67. The van der Waals surface area contributed by atoms with E-state index in [4.69, 9.17) is 0 Å². The Morgan fingerprint density at radius 3 is 2.03 bits per heavy atom. The van der Waals surface area contributed by atoms with E-state index in [2.05, 4.69) is 16.4 Å². The van der Waals surface area contributed by atoms with Gasteiger partial charge >= 0.3 is 12.5 Å². The van der Waals surface area contributed by atoms with E-state index in [-0.39, 0.29) is 0 Å². The minimum absolute atomic E-state index is 0.340. The summed E-state index contributed by atoms with van der Waals surface area (Å²) in [5, 5.41) is 0. The number of alkyl halides is 5. The van der Waals surface area contributed by atoms with E-state index < -0.39 is 35.4 Å². The topological polar surface area (TPSA) is 18.5 Å². The van der Waals surface area contributed by atoms with Crippen LogP contribution in [-0.4, -0.2) is 6.36 Å². The number of halogens is 6. The summed E-state index contributed by atoms with van der Waals surface area (Å²) in [6, 6.07) is 7.62. The molecule has 1 aliphatic carbocycles. The molecule has 2 aromatic rings. The zero-order chi connectivity index (χ0) is 21.9. The Kier molecular flexibility index (Phi) is 6.53. The van der Waals surface area contributed by atoms with Gasteiger partial charge in [-0.15, -0.1) is 13.2 Å². The van der Waals surface area contributed by atoms with Crippen LogP contribution in [0.4, 0.5) is 26.3 Å². The van der Waals surface area contributed by atoms with Crippen molar-refractivity contribution in [3.63, 3.8) is 0 Å². The maximum Gasteiger partial charge on any atom is 0.573 e. The van der Waals surface area contributed by atoms with Gasteiger partial charge < -0.3 is 9.47 Å². The van der Waals surface area contributed by atoms with E-state index in [0.29, 0.717) is 18.1 Å². The van der Waals surface area contributed by atoms with Crippen LogP contribution in [0.2, 0.25) is 0 Å². The normalized spacial score (nSPS) is 20.1. The first kappa shape index (κ1) is 22.3. The predicted molar refractivity (Wildman–Crippen MR) is 99.0 cm³/mol. The fourth-order valence-electron chi connectivity index (χ4n) is 3.81. The van der Waals surface area contributed by atoms with Crippen LogP contribution in [-0.2, 0) is 6.11 Å². The standard InChI is InChI=1S/C22H22F6O2/c1-2-14-3-5-15(6-4-14)16-7-9-17(10-8-16)21(24,25)29-18-11-12-20(19(23)13-18)30-22(26,27)28/h7-15H,2-6H2,1H3. The second kappa shape index (κ2) is 8.78. The summed E-state index contributed by atoms with van der Waals surface area (Å²) in [5.74, 6) is -2.13. The van der Waals surface area contributed by atoms with Gasteiger partial charge in [0, 0.05) is 6.07 Å². The van der Waals surface area contributed by atoms with Crippen molar-refractivity contribution in [2.75, 3.05) is 0 Å². The molecule has 1 aliphatic rings. The van der Waals surface area contributed by atoms with Gasteiger partial charge in [0.2, 0.25) is 0 Å². The average molecular weight is 432 g/mol. The molecular weight excluding hydrogens is 410 g/mol. The second-order valence-corrected chi connectivity index (χ2v) is 7.51. The molecule has 0 unspecified atom stereocenters. The van der Waals surface area contributed by atoms with E-state index in [9.17, 15) is 26.3 Å². The fourth-order valence-corrected chi connectivity index (χ4v) is 3.81. The molecular formula is C22H22F6O2. The van der Waals surface area contributed by atoms with Gasteiger partial charge in [-0.1, -0.05) is 25.5 Å². The van der Waals surface area contributed by atoms with Gasteiger partial charge in [0.25, 0.3) is 0 Å². The smallest absolute Gasteiger partial charge is 0.429 e. The number of rotatable bonds is 6. The predicted octanol–water partition coefficient (Wildman–Crippen LogP) is 7.54. The maximum absolute atomic E-state index is 14.5. The molecule has 1 saturated carbocycles. The van der Waals surface area contributed by atoms with E-state index in [1.807, 2.05) is 0 Å². The second-order valence-electron chi connectivity index (χ2n) is 7.51. The first-order valence-electron chi connectivity index (χ1n) is 9.80. The maximum atomic E-state index is 14.5. The average Bonchev–Trinajstić information content (AvgIpc) is 2.69. The number of benzene rings is 2. The molecule has 0 aliphatic heterocycles. The number of hydrogen-bond donors (Lipinski definition) is 0. The van der Waals surface area contributed by atoms with E-state index >= 15 is 0 Å². The third kappa shape index (κ3) is 5.61. The van der Waals surface area contributed by atoms with Crippen molar-refractivity contribution in [1.82, 2.24) is 0 Å². The minimum Gasteiger partial charge on any atom is -0.429 e. The zero-order valence-electron chi connectivity index (χ0n) is 16.3. The van der Waals surface area contributed by atoms with Gasteiger partial charge in [-0.25, -0.2) is 4.39 Å². The Labute approximate surface area is 170 Å². The lowest BCUT2D eigenvalue weighted by Gasteiger charge is -2.28. The lowest BCUT2D eigenvalue weighted by Crippen LogP contribution is -2.22. The summed E-state index contributed by atoms with van der Waals surface area (Å²) in [7, 11) is 0. The Hall–Kier alpha value is -2.38. The molecule has 0 bridgehead atoms. The van der Waals surface area contributed by atoms with Crippen molar-refractivity contribution < 1.29 is 35.8 Å². The van der Waals surface area contributed by atoms with Gasteiger partial charge in [-0.3, -0.25) is 0 Å². The van der Waals surface area contributed by atoms with Crippen molar-refractivity contribution in [2.24, 2.45) is 5.92 Å². The van der Waals surface area contributed by atoms with Crippen LogP contribution < -0.4 is 9.47 Å². The summed E-state index contributed by atoms with van der Waals surface area (Å²) in [6.07, 6.45) is -3.42. The van der Waals surface area contributed by atoms with Gasteiger partial charge in [-0.2, -0.15) is 8.78 Å². The Bertz CT molecular complexity index is 840. The van der Waals surface area contributed by atoms with Gasteiger partial charge in [-0.05, 0) is 67.3 Å². The Morgan fingerprint density at radius 2 is 1.50 bits per heavy atom. The van der Waals surface area contributed by atoms with Crippen LogP contribution in [0, 0.1) is 11.7 Å². The summed E-state index contributed by atoms with van der Waals surface area (Å²) in [5.41, 5.74) is 0.563. The highest BCUT2D eigenvalue weighted by Gasteiger charge is 2.36. The van der Waals surface area contributed by atoms with Gasteiger partial charge in [0.15, 0.2) is 11.6 Å². The highest BCUT2D eigenvalue weighted by molar-refractivity contribution is 5.34. The van der Waals surface area contributed by atoms with Crippen LogP contribution in [0.5, 0.6) is 11.5 Å². The molecule has 1 fully saturated rings. The third-order valence-electron chi connectivity index (χ3n) is 5.52. The van der Waals surface area contributed by atoms with E-state index in [1.165, 1.54) is 12.1 Å². The van der Waals surface area contributed by atoms with Crippen molar-refractivity contribution in [2.45, 2.75) is 57.4 Å². The molecule has 2 nitrogen and oxygen atoms in total. The van der Waals surface area contributed by atoms with Crippen LogP contribution in [0.25, 0.3) is 0 Å². The van der Waals surface area contributed by atoms with Crippen LogP contribution in [0.15, 0.2) is 42.5 Å². The molecule has 0 N–H and O–H groups in total. The van der Waals surface area contributed by atoms with Gasteiger partial charge in [0.1, 0.15) is 5.75 Å². The number of ether oxygens (including phenoxy) is 2. The lowest BCUT2D eigenvalue weighted by molar-refractivity contribution is -0.275. The molecule has 0 amide bonds. The van der Waals surface area contributed by atoms with E-state index in [1.54, 1.807) is 12.1 Å². The van der Waals surface area contributed by atoms with Crippen molar-refractivity contribution in [1.29, 1.82) is 0 Å². The summed E-state index contributed by atoms with van der Waals surface area (Å²) in [6.45, 7) is 2.17. The molecule has 0 heterocycles. The highest BCUT2D eigenvalue weighted by atomic mass is 19.4. The molecule has 164 valence electrons. The SMILES string of the molecule is CCC1CCC(c2ccc(C(F)(F)Oc3ccc(OC(F)(F)F)c(F)c3)cc2)CC1. The molecule has 3 rings (SSSR count). The fraction of sp³-hybridized carbons (Fsp3) is 0.455. The molecule has 0 aromatic heterocycles. The zero-order valence-corrected chi connectivity index (χ0v) is 16.3. The number of hydrogen-bond acceptors (Lipinski definition) is 2. The first-order chi connectivity index (χ1) is 14.1. The molecule has 0 atom stereocenters. The third-order valence-corrected chi connectivity index (χ3v) is 5.52. The summed E-state index contributed by atoms with van der Waals surface area (Å²) < 4.78 is 87.2. The van der Waals surface area contributed by atoms with Crippen molar-refractivity contribution in [3.05, 3.63) is 59.4 Å². The molecule has 0 spiro atoms. The largest absolute Gasteiger partial charge is 0.573 e. The van der Waals surface area contributed by atoms with Gasteiger partial charge in [0.05, 0.1) is 5.56 Å². The van der Waals surface area contributed by atoms with Crippen LogP contribution >= 0.6 is 0 Å². The molecule has 30 heavy (non-hydrogen) atoms. The monoisotopic (exact) mass is 432 g/mol. The lowest BCUT2D eigenvalue weighted by atomic mass is 9.78. The van der Waals surface area contributed by atoms with Crippen molar-refractivity contribution in [3.8, 4) is 11.5 Å². The summed E-state index contributed by atoms with van der Waals surface area (Å²) >= 11 is 0. The molecule has 2 aromatic carbocycles. The molecule has 0 radical (unpaired) electrons. The highest BCUT2D eigenvalue weighted by Crippen LogP contribution is 2.39. The quantitative estimate of drug-likeness (QED) is 0.439. The molecule has 0 saturated heterocycles. The first-order valence-corrected chi connectivity index (χ1v) is 9.80. The minimum atomic E-state index is -5.09. The summed E-state index contributed by atoms with van der Waals surface area (Å²) in [4.78, 5) is 0. The van der Waals surface area contributed by atoms with Crippen LogP contribution in [0.1, 0.15) is 56.1 Å².